The van der Waals surface area contributed by atoms with E-state index in [1.165, 1.54) is 7.11 Å². The molecule has 1 radical (unpaired) electrons. The molecule has 40 heavy (non-hydrogen) atoms. The Morgan fingerprint density at radius 2 is 1.43 bits per heavy atom. The molecule has 6 nitrogen and oxygen atoms in total. The summed E-state index contributed by atoms with van der Waals surface area (Å²) in [6, 6.07) is 0. The van der Waals surface area contributed by atoms with Gasteiger partial charge in [-0.05, 0) is 48.5 Å². The molecule has 2 atom stereocenters. The van der Waals surface area contributed by atoms with Gasteiger partial charge in [0.05, 0.1) is 24.2 Å². The maximum Gasteiger partial charge on any atom is 1.00 e. The van der Waals surface area contributed by atoms with Crippen molar-refractivity contribution < 1.29 is 80.2 Å². The number of ether oxygens (including phenoxy) is 2. The van der Waals surface area contributed by atoms with Gasteiger partial charge in [-0.15, -0.1) is 0 Å². The van der Waals surface area contributed by atoms with Crippen molar-refractivity contribution in [2.75, 3.05) is 7.11 Å². The number of rotatable bonds is 14. The predicted molar refractivity (Wildman–Crippen MR) is 164 cm³/mol. The summed E-state index contributed by atoms with van der Waals surface area (Å²) >= 11 is 0. The van der Waals surface area contributed by atoms with E-state index in [2.05, 4.69) is 33.4 Å². The first kappa shape index (κ1) is 47.2. The average Bonchev–Trinajstić information content (AvgIpc) is 2.80. The normalized spacial score (nSPS) is 14.5. The van der Waals surface area contributed by atoms with Gasteiger partial charge in [0.25, 0.3) is 13.5 Å². The van der Waals surface area contributed by atoms with E-state index in [4.69, 9.17) is 14.1 Å². The third kappa shape index (κ3) is 20.2. The molecule has 0 saturated carbocycles. The summed E-state index contributed by atoms with van der Waals surface area (Å²) < 4.78 is 15.8. The Labute approximate surface area is 292 Å². The number of carbonyl (C=O) groups excluding carboxylic acids is 2. The van der Waals surface area contributed by atoms with Crippen LogP contribution in [0, 0.1) is 36.7 Å². The van der Waals surface area contributed by atoms with Crippen molar-refractivity contribution >= 4 is 19.4 Å². The molecule has 1 N–H and O–H groups in total. The van der Waals surface area contributed by atoms with Gasteiger partial charge in [-0.3, -0.25) is 16.2 Å². The van der Waals surface area contributed by atoms with Crippen LogP contribution in [0.3, 0.4) is 0 Å². The number of esters is 2. The number of hydrogen-bond acceptors (Lipinski definition) is 6. The van der Waals surface area contributed by atoms with Gasteiger partial charge < -0.3 is 39.2 Å². The third-order valence-electron chi connectivity index (χ3n) is 6.77. The Hall–Kier alpha value is 0.301. The molecule has 0 bridgehead atoms. The van der Waals surface area contributed by atoms with Gasteiger partial charge in [0, 0.05) is 0 Å². The van der Waals surface area contributed by atoms with Crippen LogP contribution in [0.25, 0.3) is 0 Å². The smallest absolute Gasteiger partial charge is 0.504 e. The van der Waals surface area contributed by atoms with E-state index < -0.39 is 22.0 Å². The zero-order chi connectivity index (χ0) is 31.7. The van der Waals surface area contributed by atoms with E-state index in [9.17, 15) is 14.7 Å². The van der Waals surface area contributed by atoms with Crippen LogP contribution >= 0.6 is 0 Å². The number of hydrogen-bond donors (Lipinski definition) is 1. The Balaban J connectivity index is -0.000000357. The zero-order valence-electron chi connectivity index (χ0n) is 28.7. The molecule has 0 aromatic rings. The molecule has 0 amide bonds. The van der Waals surface area contributed by atoms with E-state index in [0.29, 0.717) is 0 Å². The third-order valence-corrected chi connectivity index (χ3v) is 6.77. The summed E-state index contributed by atoms with van der Waals surface area (Å²) in [5.41, 5.74) is -3.30. The molecule has 0 spiro atoms. The fraction of sp³-hybridized carbons (Fsp3) is 0.812. The minimum Gasteiger partial charge on any atom is -0.504 e. The molecule has 0 fully saturated rings. The summed E-state index contributed by atoms with van der Waals surface area (Å²) in [5.74, 6) is -0.478. The van der Waals surface area contributed by atoms with Gasteiger partial charge in [-0.1, -0.05) is 78.5 Å². The molecule has 0 heterocycles. The monoisotopic (exact) mass is 591 g/mol. The zero-order valence-corrected chi connectivity index (χ0v) is 31.8. The van der Waals surface area contributed by atoms with Gasteiger partial charge in [-0.2, -0.15) is 11.8 Å². The summed E-state index contributed by atoms with van der Waals surface area (Å²) in [4.78, 5) is 23.1. The van der Waals surface area contributed by atoms with Crippen LogP contribution < -0.4 is 51.4 Å². The fourth-order valence-corrected chi connectivity index (χ4v) is 2.99. The van der Waals surface area contributed by atoms with Crippen molar-refractivity contribution in [2.24, 2.45) is 16.7 Å². The van der Waals surface area contributed by atoms with Gasteiger partial charge in [0.1, 0.15) is 5.60 Å². The second-order valence-corrected chi connectivity index (χ2v) is 12.7. The van der Waals surface area contributed by atoms with Crippen LogP contribution in [-0.4, -0.2) is 48.4 Å². The van der Waals surface area contributed by atoms with Crippen molar-refractivity contribution in [3.63, 3.8) is 0 Å². The average molecular weight is 592 g/mol. The molecular weight excluding hydrogens is 530 g/mol. The van der Waals surface area contributed by atoms with E-state index in [0.717, 1.165) is 44.8 Å². The molecule has 0 aliphatic heterocycles. The summed E-state index contributed by atoms with van der Waals surface area (Å²) in [6.07, 6.45) is 8.82. The maximum atomic E-state index is 12.2. The second-order valence-electron chi connectivity index (χ2n) is 12.7. The number of aliphatic hydroxyl groups is 1. The standard InChI is InChI=1S/C20H38BO4.C8H16O2.C4H7.K/c1-10-11-13-20(8,17(2,3)16(22)24-9)14-12-15-21-25-19(6,7)18(4,5)23;1-6(2)7(9)10-8(3,4)5;1-3-4-2;/h23H,2,8,10-15H2,1,3-7,9H3;6H,1-5H3;1,4H2,2H3;/q-2;;-1;+1/t17-,20+;;;/m1.../s1. The van der Waals surface area contributed by atoms with Gasteiger partial charge in [-0.25, -0.2) is 0 Å². The summed E-state index contributed by atoms with van der Waals surface area (Å²) in [7, 11) is 3.14. The molecule has 8 heteroatoms. The van der Waals surface area contributed by atoms with Crippen LogP contribution in [0.2, 0.25) is 6.32 Å². The Kier molecular flexibility index (Phi) is 25.9. The van der Waals surface area contributed by atoms with Crippen molar-refractivity contribution in [3.05, 3.63) is 26.5 Å². The largest absolute Gasteiger partial charge is 1.00 e. The topological polar surface area (TPSA) is 82.1 Å². The van der Waals surface area contributed by atoms with Crippen LogP contribution in [0.4, 0.5) is 0 Å². The molecule has 231 valence electrons. The summed E-state index contributed by atoms with van der Waals surface area (Å²) in [6.45, 7) is 34.3. The number of unbranched alkanes of at least 4 members (excludes halogenated alkanes) is 1. The second kappa shape index (κ2) is 21.9. The van der Waals surface area contributed by atoms with Crippen LogP contribution in [0.15, 0.2) is 6.58 Å². The molecule has 0 aromatic heterocycles. The van der Waals surface area contributed by atoms with Crippen molar-refractivity contribution in [3.8, 4) is 0 Å². The molecule has 0 aliphatic rings. The van der Waals surface area contributed by atoms with E-state index in [1.54, 1.807) is 21.3 Å². The molecule has 0 rings (SSSR count). The van der Waals surface area contributed by atoms with Crippen LogP contribution in [0.1, 0.15) is 122 Å². The number of methoxy groups -OCH3 is 1. The van der Waals surface area contributed by atoms with E-state index >= 15 is 0 Å². The molecule has 0 aromatic carbocycles. The summed E-state index contributed by atoms with van der Waals surface area (Å²) in [5, 5.41) is 10.1. The Morgan fingerprint density at radius 3 is 1.73 bits per heavy atom. The molecule has 0 saturated heterocycles. The van der Waals surface area contributed by atoms with Gasteiger partial charge in [0.15, 0.2) is 0 Å². The molecular formula is C32H61BKO6-2. The molecule has 0 unspecified atom stereocenters. The van der Waals surface area contributed by atoms with Gasteiger partial charge in [0.2, 0.25) is 0 Å². The first-order valence-corrected chi connectivity index (χ1v) is 14.2. The SMILES string of the molecule is C=[C-]CC.CC(C)C(=O)OC(C)(C)C.[CH2-][C@](CCCC)(CCC[B]OC(C)(C)C(C)(C)O)[C@]([CH2-])(C)C(=O)OC.[K+]. The Bertz CT molecular complexity index is 692. The minimum absolute atomic E-state index is 0. The van der Waals surface area contributed by atoms with E-state index in [1.807, 2.05) is 62.3 Å². The number of carbonyl (C=O) groups is 2. The number of allylic oxidation sites excluding steroid dienone is 1. The quantitative estimate of drug-likeness (QED) is 0.136. The first-order valence-electron chi connectivity index (χ1n) is 14.2. The van der Waals surface area contributed by atoms with Gasteiger partial charge >= 0.3 is 57.4 Å². The predicted octanol–water partition coefficient (Wildman–Crippen LogP) is 4.77. The van der Waals surface area contributed by atoms with Crippen molar-refractivity contribution in [1.82, 2.24) is 0 Å². The van der Waals surface area contributed by atoms with E-state index in [-0.39, 0.29) is 74.8 Å². The fourth-order valence-electron chi connectivity index (χ4n) is 2.99. The minimum atomic E-state index is -0.933. The first-order chi connectivity index (χ1) is 17.5. The van der Waals surface area contributed by atoms with Crippen molar-refractivity contribution in [2.45, 2.75) is 145 Å². The Morgan fingerprint density at radius 1 is 0.975 bits per heavy atom. The van der Waals surface area contributed by atoms with Crippen LogP contribution in [0.5, 0.6) is 0 Å². The maximum absolute atomic E-state index is 12.2. The van der Waals surface area contributed by atoms with Crippen molar-refractivity contribution in [1.29, 1.82) is 0 Å². The van der Waals surface area contributed by atoms with Crippen LogP contribution in [-0.2, 0) is 23.7 Å². The molecule has 0 aliphatic carbocycles.